The van der Waals surface area contributed by atoms with Gasteiger partial charge in [-0.3, -0.25) is 4.79 Å². The number of ketones is 1. The molecule has 0 spiro atoms. The third kappa shape index (κ3) is 3.10. The van der Waals surface area contributed by atoms with Crippen LogP contribution < -0.4 is 0 Å². The fraction of sp³-hybridized carbons (Fsp3) is 0.471. The molecule has 0 saturated heterocycles. The van der Waals surface area contributed by atoms with E-state index in [-0.39, 0.29) is 0 Å². The van der Waals surface area contributed by atoms with E-state index in [0.29, 0.717) is 5.78 Å². The lowest BCUT2D eigenvalue weighted by atomic mass is 9.93. The molecular weight excluding hydrogens is 220 g/mol. The van der Waals surface area contributed by atoms with Crippen LogP contribution >= 0.6 is 0 Å². The quantitative estimate of drug-likeness (QED) is 0.536. The van der Waals surface area contributed by atoms with Crippen molar-refractivity contribution >= 4 is 11.4 Å². The molecule has 0 atom stereocenters. The predicted molar refractivity (Wildman–Crippen MR) is 76.4 cm³/mol. The van der Waals surface area contributed by atoms with Gasteiger partial charge >= 0.3 is 0 Å². The Kier molecular flexibility index (Phi) is 4.74. The Balaban J connectivity index is 2.26. The Labute approximate surface area is 110 Å². The summed E-state index contributed by atoms with van der Waals surface area (Å²) in [5.74, 6) is 0.380. The lowest BCUT2D eigenvalue weighted by molar-refractivity contribution is -0.114. The maximum Gasteiger partial charge on any atom is 0.159 e. The number of rotatable bonds is 5. The van der Waals surface area contributed by atoms with Crippen LogP contribution in [0.5, 0.6) is 0 Å². The molecule has 0 amide bonds. The van der Waals surface area contributed by atoms with Crippen molar-refractivity contribution in [2.24, 2.45) is 0 Å². The van der Waals surface area contributed by atoms with Gasteiger partial charge in [0.25, 0.3) is 0 Å². The van der Waals surface area contributed by atoms with Crippen LogP contribution in [0.2, 0.25) is 0 Å². The molecular formula is C17H22O. The van der Waals surface area contributed by atoms with Crippen molar-refractivity contribution in [3.05, 3.63) is 41.5 Å². The molecule has 18 heavy (non-hydrogen) atoms. The maximum absolute atomic E-state index is 12.0. The molecule has 1 aliphatic carbocycles. The minimum Gasteiger partial charge on any atom is -0.295 e. The summed E-state index contributed by atoms with van der Waals surface area (Å²) >= 11 is 0. The normalized spacial score (nSPS) is 18.2. The molecule has 0 bridgehead atoms. The summed E-state index contributed by atoms with van der Waals surface area (Å²) < 4.78 is 0. The Morgan fingerprint density at radius 1 is 1.11 bits per heavy atom. The van der Waals surface area contributed by atoms with Crippen LogP contribution in [0, 0.1) is 0 Å². The van der Waals surface area contributed by atoms with Crippen molar-refractivity contribution in [1.82, 2.24) is 0 Å². The monoisotopic (exact) mass is 242 g/mol. The highest BCUT2D eigenvalue weighted by molar-refractivity contribution is 6.04. The van der Waals surface area contributed by atoms with Gasteiger partial charge in [-0.2, -0.15) is 0 Å². The minimum absolute atomic E-state index is 0.380. The first kappa shape index (κ1) is 13.1. The Hall–Kier alpha value is -1.37. The molecule has 0 unspecified atom stereocenters. The molecule has 1 aliphatic rings. The van der Waals surface area contributed by atoms with Crippen LogP contribution in [0.1, 0.15) is 57.4 Å². The van der Waals surface area contributed by atoms with Gasteiger partial charge in [0, 0.05) is 6.42 Å². The van der Waals surface area contributed by atoms with Gasteiger partial charge in [0.05, 0.1) is 0 Å². The second-order valence-corrected chi connectivity index (χ2v) is 5.06. The number of allylic oxidation sites excluding steroid dienone is 2. The van der Waals surface area contributed by atoms with Crippen molar-refractivity contribution in [3.63, 3.8) is 0 Å². The maximum atomic E-state index is 12.0. The van der Waals surface area contributed by atoms with Gasteiger partial charge in [0.1, 0.15) is 0 Å². The van der Waals surface area contributed by atoms with Gasteiger partial charge in [-0.25, -0.2) is 0 Å². The van der Waals surface area contributed by atoms with Gasteiger partial charge in [-0.1, -0.05) is 50.1 Å². The Bertz CT molecular complexity index is 428. The number of carbonyl (C=O) groups excluding carboxylic acids is 1. The van der Waals surface area contributed by atoms with Crippen molar-refractivity contribution in [1.29, 1.82) is 0 Å². The van der Waals surface area contributed by atoms with E-state index in [4.69, 9.17) is 0 Å². The SMILES string of the molecule is CCCCC/C(=C1/CCCC1=O)c1ccccc1. The smallest absolute Gasteiger partial charge is 0.159 e. The standard InChI is InChI=1S/C17H22O/c1-2-3-5-11-15(14-9-6-4-7-10-14)16-12-8-13-17(16)18/h4,6-7,9-10H,2-3,5,8,11-13H2,1H3/b16-15+. The molecule has 1 nitrogen and oxygen atoms in total. The number of hydrogen-bond donors (Lipinski definition) is 0. The summed E-state index contributed by atoms with van der Waals surface area (Å²) in [6.45, 7) is 2.22. The summed E-state index contributed by atoms with van der Waals surface area (Å²) in [5.41, 5.74) is 3.67. The lowest BCUT2D eigenvalue weighted by Gasteiger charge is -2.11. The largest absolute Gasteiger partial charge is 0.295 e. The van der Waals surface area contributed by atoms with Gasteiger partial charge < -0.3 is 0 Å². The molecule has 0 aromatic heterocycles. The summed E-state index contributed by atoms with van der Waals surface area (Å²) in [5, 5.41) is 0. The van der Waals surface area contributed by atoms with E-state index in [1.165, 1.54) is 30.4 Å². The van der Waals surface area contributed by atoms with E-state index in [1.54, 1.807) is 0 Å². The first-order chi connectivity index (χ1) is 8.83. The molecule has 0 radical (unpaired) electrons. The zero-order valence-electron chi connectivity index (χ0n) is 11.2. The molecule has 1 aromatic carbocycles. The third-order valence-electron chi connectivity index (χ3n) is 3.68. The fourth-order valence-corrected chi connectivity index (χ4v) is 2.70. The van der Waals surface area contributed by atoms with E-state index in [9.17, 15) is 4.79 Å². The highest BCUT2D eigenvalue weighted by Crippen LogP contribution is 2.32. The highest BCUT2D eigenvalue weighted by atomic mass is 16.1. The highest BCUT2D eigenvalue weighted by Gasteiger charge is 2.21. The summed E-state index contributed by atoms with van der Waals surface area (Å²) in [6, 6.07) is 10.4. The van der Waals surface area contributed by atoms with Gasteiger partial charge in [0.2, 0.25) is 0 Å². The molecule has 1 fully saturated rings. The van der Waals surface area contributed by atoms with Gasteiger partial charge in [-0.05, 0) is 42.4 Å². The Morgan fingerprint density at radius 2 is 1.89 bits per heavy atom. The van der Waals surface area contributed by atoms with Crippen LogP contribution in [0.25, 0.3) is 5.57 Å². The molecule has 0 N–H and O–H groups in total. The molecule has 1 heteroatoms. The average molecular weight is 242 g/mol. The van der Waals surface area contributed by atoms with Crippen molar-refractivity contribution < 1.29 is 4.79 Å². The number of benzene rings is 1. The van der Waals surface area contributed by atoms with Crippen LogP contribution in [-0.4, -0.2) is 5.78 Å². The van der Waals surface area contributed by atoms with E-state index in [0.717, 1.165) is 31.3 Å². The molecule has 2 rings (SSSR count). The number of unbranched alkanes of at least 4 members (excludes halogenated alkanes) is 2. The van der Waals surface area contributed by atoms with Crippen LogP contribution in [-0.2, 0) is 4.79 Å². The van der Waals surface area contributed by atoms with Crippen molar-refractivity contribution in [2.45, 2.75) is 51.9 Å². The number of carbonyl (C=O) groups is 1. The molecule has 1 saturated carbocycles. The van der Waals surface area contributed by atoms with Crippen molar-refractivity contribution in [2.75, 3.05) is 0 Å². The first-order valence-electron chi connectivity index (χ1n) is 7.13. The van der Waals surface area contributed by atoms with Crippen LogP contribution in [0.4, 0.5) is 0 Å². The predicted octanol–water partition coefficient (Wildman–Crippen LogP) is 4.77. The molecule has 0 aliphatic heterocycles. The molecule has 0 heterocycles. The topological polar surface area (TPSA) is 17.1 Å². The molecule has 96 valence electrons. The Morgan fingerprint density at radius 3 is 2.50 bits per heavy atom. The summed E-state index contributed by atoms with van der Waals surface area (Å²) in [4.78, 5) is 12.0. The zero-order chi connectivity index (χ0) is 12.8. The van der Waals surface area contributed by atoms with Crippen LogP contribution in [0.15, 0.2) is 35.9 Å². The zero-order valence-corrected chi connectivity index (χ0v) is 11.2. The summed E-state index contributed by atoms with van der Waals surface area (Å²) in [6.07, 6.45) is 7.49. The van der Waals surface area contributed by atoms with E-state index in [2.05, 4.69) is 31.2 Å². The number of hydrogen-bond acceptors (Lipinski definition) is 1. The van der Waals surface area contributed by atoms with E-state index < -0.39 is 0 Å². The average Bonchev–Trinajstić information content (AvgIpc) is 2.82. The second-order valence-electron chi connectivity index (χ2n) is 5.06. The third-order valence-corrected chi connectivity index (χ3v) is 3.68. The van der Waals surface area contributed by atoms with Crippen LogP contribution in [0.3, 0.4) is 0 Å². The minimum atomic E-state index is 0.380. The second kappa shape index (κ2) is 6.53. The fourth-order valence-electron chi connectivity index (χ4n) is 2.70. The molecule has 1 aromatic rings. The summed E-state index contributed by atoms with van der Waals surface area (Å²) in [7, 11) is 0. The van der Waals surface area contributed by atoms with E-state index >= 15 is 0 Å². The number of Topliss-reactive ketones (excluding diaryl/α,β-unsaturated/α-hetero) is 1. The van der Waals surface area contributed by atoms with Gasteiger partial charge in [-0.15, -0.1) is 0 Å². The first-order valence-corrected chi connectivity index (χ1v) is 7.13. The lowest BCUT2D eigenvalue weighted by Crippen LogP contribution is -1.98. The van der Waals surface area contributed by atoms with Gasteiger partial charge in [0.15, 0.2) is 5.78 Å². The van der Waals surface area contributed by atoms with E-state index in [1.807, 2.05) is 6.07 Å². The van der Waals surface area contributed by atoms with Crippen molar-refractivity contribution in [3.8, 4) is 0 Å².